The van der Waals surface area contributed by atoms with Crippen LogP contribution in [0.1, 0.15) is 27.3 Å². The molecule has 4 N–H and O–H groups in total. The van der Waals surface area contributed by atoms with E-state index in [4.69, 9.17) is 5.73 Å². The summed E-state index contributed by atoms with van der Waals surface area (Å²) in [5.41, 5.74) is 5.75. The minimum absolute atomic E-state index is 0.0237. The number of benzene rings is 3. The molecule has 0 aliphatic carbocycles. The molecule has 1 aliphatic rings. The molecule has 0 bridgehead atoms. The van der Waals surface area contributed by atoms with E-state index in [1.165, 1.54) is 24.3 Å². The number of nitrogens with one attached hydrogen (secondary N) is 2. The Morgan fingerprint density at radius 3 is 2.50 bits per heavy atom. The number of sulfonamides is 1. The lowest BCUT2D eigenvalue weighted by Gasteiger charge is -2.11. The van der Waals surface area contributed by atoms with Gasteiger partial charge in [0.25, 0.3) is 5.91 Å². The van der Waals surface area contributed by atoms with Crippen LogP contribution in [-0.4, -0.2) is 24.1 Å². The van der Waals surface area contributed by atoms with Crippen molar-refractivity contribution in [1.29, 1.82) is 0 Å². The van der Waals surface area contributed by atoms with Crippen LogP contribution in [0.2, 0.25) is 0 Å². The molecule has 0 saturated carbocycles. The van der Waals surface area contributed by atoms with Crippen molar-refractivity contribution >= 4 is 21.6 Å². The maximum Gasteiger partial charge on any atom is 0.435 e. The normalized spacial score (nSPS) is 14.3. The van der Waals surface area contributed by atoms with Crippen molar-refractivity contribution < 1.29 is 30.8 Å². The molecule has 3 aromatic carbocycles. The van der Waals surface area contributed by atoms with Gasteiger partial charge in [0.1, 0.15) is 11.5 Å². The Morgan fingerprint density at radius 1 is 1.08 bits per heavy atom. The number of hydrogen-bond donors (Lipinski definition) is 3. The van der Waals surface area contributed by atoms with Gasteiger partial charge in [-0.2, -0.15) is 18.3 Å². The fraction of sp³-hybridized carbons (Fsp3) is 0.120. The maximum atomic E-state index is 13.9. The molecule has 0 fully saturated rings. The summed E-state index contributed by atoms with van der Waals surface area (Å²) in [5.74, 6) is -1.54. The first kappa shape index (κ1) is 25.6. The lowest BCUT2D eigenvalue weighted by molar-refractivity contribution is -0.141. The Morgan fingerprint density at radius 2 is 1.82 bits per heavy atom. The third-order valence-electron chi connectivity index (χ3n) is 6.00. The molecule has 0 unspecified atom stereocenters. The highest BCUT2D eigenvalue weighted by Crippen LogP contribution is 2.34. The largest absolute Gasteiger partial charge is 0.435 e. The lowest BCUT2D eigenvalue weighted by Crippen LogP contribution is -2.17. The number of fused-ring (bicyclic) bond motifs is 1. The number of hydrogen-bond acceptors (Lipinski definition) is 5. The molecule has 196 valence electrons. The van der Waals surface area contributed by atoms with Gasteiger partial charge in [0, 0.05) is 36.0 Å². The zero-order valence-electron chi connectivity index (χ0n) is 19.4. The fourth-order valence-corrected chi connectivity index (χ4v) is 5.62. The summed E-state index contributed by atoms with van der Waals surface area (Å²) in [6.07, 6.45) is -4.83. The number of nitrogens with two attached hydrogens (primary N) is 1. The summed E-state index contributed by atoms with van der Waals surface area (Å²) in [6, 6.07) is 15.3. The molecular weight excluding hydrogens is 526 g/mol. The molecule has 2 heterocycles. The molecule has 5 rings (SSSR count). The molecule has 1 aromatic heterocycles. The minimum atomic E-state index is -4.83. The van der Waals surface area contributed by atoms with Crippen LogP contribution in [0.25, 0.3) is 16.8 Å². The van der Waals surface area contributed by atoms with Crippen molar-refractivity contribution in [2.24, 2.45) is 5.73 Å². The van der Waals surface area contributed by atoms with Gasteiger partial charge in [-0.05, 0) is 41.5 Å². The van der Waals surface area contributed by atoms with Crippen LogP contribution < -0.4 is 15.8 Å². The molecule has 13 heteroatoms. The van der Waals surface area contributed by atoms with E-state index in [9.17, 15) is 30.8 Å². The van der Waals surface area contributed by atoms with Gasteiger partial charge in [0.15, 0.2) is 5.69 Å². The van der Waals surface area contributed by atoms with Crippen molar-refractivity contribution in [2.75, 3.05) is 5.32 Å². The standard InChI is InChI=1S/C25H19F4N5O3S/c26-20-9-8-18(10-16(20)12-30)34-21(11-22(33-34)25(27,28)29)24(35)32-17-6-4-14(5-7-17)19-3-1-2-15-13-31-38(36,37)23(15)19/h1-11,31H,12-13,30H2,(H,32,35). The van der Waals surface area contributed by atoms with E-state index < -0.39 is 39.3 Å². The van der Waals surface area contributed by atoms with Crippen LogP contribution in [0.3, 0.4) is 0 Å². The first-order valence-corrected chi connectivity index (χ1v) is 12.7. The van der Waals surface area contributed by atoms with Crippen molar-refractivity contribution in [3.05, 3.63) is 95.1 Å². The average Bonchev–Trinajstić information content (AvgIpc) is 3.47. The number of nitrogens with zero attached hydrogens (tertiary/aromatic N) is 2. The monoisotopic (exact) mass is 545 g/mol. The number of halogens is 4. The SMILES string of the molecule is NCc1cc(-n2nc(C(F)(F)F)cc2C(=O)Nc2ccc(-c3cccc4c3S(=O)(=O)NC4)cc2)ccc1F. The molecule has 0 atom stereocenters. The van der Waals surface area contributed by atoms with Crippen molar-refractivity contribution in [2.45, 2.75) is 24.2 Å². The number of carbonyl (C=O) groups is 1. The predicted octanol–water partition coefficient (Wildman–Crippen LogP) is 4.20. The number of amides is 1. The van der Waals surface area contributed by atoms with Crippen LogP contribution in [0, 0.1) is 5.82 Å². The number of alkyl halides is 3. The second-order valence-electron chi connectivity index (χ2n) is 8.45. The third kappa shape index (κ3) is 4.66. The number of aromatic nitrogens is 2. The highest BCUT2D eigenvalue weighted by atomic mass is 32.2. The molecule has 0 saturated heterocycles. The summed E-state index contributed by atoms with van der Waals surface area (Å²) >= 11 is 0. The van der Waals surface area contributed by atoms with E-state index >= 15 is 0 Å². The van der Waals surface area contributed by atoms with E-state index in [1.54, 1.807) is 30.3 Å². The van der Waals surface area contributed by atoms with Crippen molar-refractivity contribution in [1.82, 2.24) is 14.5 Å². The van der Waals surface area contributed by atoms with E-state index in [1.807, 2.05) is 0 Å². The fourth-order valence-electron chi connectivity index (χ4n) is 4.17. The highest BCUT2D eigenvalue weighted by molar-refractivity contribution is 7.90. The highest BCUT2D eigenvalue weighted by Gasteiger charge is 2.36. The summed E-state index contributed by atoms with van der Waals surface area (Å²) in [5, 5.41) is 6.05. The summed E-state index contributed by atoms with van der Waals surface area (Å²) in [4.78, 5) is 13.2. The predicted molar refractivity (Wildman–Crippen MR) is 130 cm³/mol. The smallest absolute Gasteiger partial charge is 0.326 e. The molecule has 8 nitrogen and oxygen atoms in total. The lowest BCUT2D eigenvalue weighted by atomic mass is 10.0. The summed E-state index contributed by atoms with van der Waals surface area (Å²) in [7, 11) is -3.65. The minimum Gasteiger partial charge on any atom is -0.326 e. The van der Waals surface area contributed by atoms with E-state index in [-0.39, 0.29) is 34.9 Å². The Balaban J connectivity index is 1.47. The number of anilines is 1. The number of carbonyl (C=O) groups excluding carboxylic acids is 1. The van der Waals surface area contributed by atoms with Gasteiger partial charge in [0.2, 0.25) is 10.0 Å². The number of rotatable bonds is 5. The van der Waals surface area contributed by atoms with Crippen LogP contribution >= 0.6 is 0 Å². The van der Waals surface area contributed by atoms with Crippen LogP contribution in [0.5, 0.6) is 0 Å². The first-order chi connectivity index (χ1) is 18.0. The van der Waals surface area contributed by atoms with E-state index in [2.05, 4.69) is 15.1 Å². The third-order valence-corrected chi connectivity index (χ3v) is 7.54. The molecular formula is C25H19F4N5O3S. The molecule has 1 amide bonds. The second kappa shape index (κ2) is 9.35. The van der Waals surface area contributed by atoms with E-state index in [0.29, 0.717) is 22.8 Å². The van der Waals surface area contributed by atoms with Crippen LogP contribution in [0.15, 0.2) is 71.6 Å². The summed E-state index contributed by atoms with van der Waals surface area (Å²) < 4.78 is 82.2. The Labute approximate surface area is 214 Å². The zero-order valence-corrected chi connectivity index (χ0v) is 20.2. The average molecular weight is 546 g/mol. The van der Waals surface area contributed by atoms with Gasteiger partial charge in [-0.15, -0.1) is 0 Å². The van der Waals surface area contributed by atoms with Crippen LogP contribution in [0.4, 0.5) is 23.2 Å². The molecule has 38 heavy (non-hydrogen) atoms. The van der Waals surface area contributed by atoms with Gasteiger partial charge >= 0.3 is 6.18 Å². The molecule has 4 aromatic rings. The maximum absolute atomic E-state index is 13.9. The topological polar surface area (TPSA) is 119 Å². The Hall–Kier alpha value is -4.07. The Bertz CT molecular complexity index is 1670. The molecule has 1 aliphatic heterocycles. The zero-order chi connectivity index (χ0) is 27.2. The van der Waals surface area contributed by atoms with Gasteiger partial charge < -0.3 is 11.1 Å². The van der Waals surface area contributed by atoms with Gasteiger partial charge in [-0.1, -0.05) is 30.3 Å². The van der Waals surface area contributed by atoms with E-state index in [0.717, 1.165) is 10.7 Å². The second-order valence-corrected chi connectivity index (χ2v) is 10.2. The Kier molecular flexibility index (Phi) is 6.29. The summed E-state index contributed by atoms with van der Waals surface area (Å²) in [6.45, 7) is -0.0169. The van der Waals surface area contributed by atoms with Crippen molar-refractivity contribution in [3.8, 4) is 16.8 Å². The van der Waals surface area contributed by atoms with Crippen molar-refractivity contribution in [3.63, 3.8) is 0 Å². The van der Waals surface area contributed by atoms with Gasteiger partial charge in [-0.3, -0.25) is 4.79 Å². The van der Waals surface area contributed by atoms with Crippen LogP contribution in [-0.2, 0) is 29.3 Å². The molecule has 0 radical (unpaired) electrons. The van der Waals surface area contributed by atoms with Gasteiger partial charge in [0.05, 0.1) is 10.6 Å². The molecule has 0 spiro atoms. The first-order valence-electron chi connectivity index (χ1n) is 11.2. The van der Waals surface area contributed by atoms with Gasteiger partial charge in [-0.25, -0.2) is 22.2 Å². The quantitative estimate of drug-likeness (QED) is 0.325.